The van der Waals surface area contributed by atoms with Crippen LogP contribution in [0.3, 0.4) is 0 Å². The molecule has 3 heterocycles. The van der Waals surface area contributed by atoms with Gasteiger partial charge in [-0.05, 0) is 30.3 Å². The first-order chi connectivity index (χ1) is 15.1. The topological polar surface area (TPSA) is 62.2 Å². The average Bonchev–Trinajstić information content (AvgIpc) is 3.28. The van der Waals surface area contributed by atoms with Gasteiger partial charge in [0.25, 0.3) is 5.91 Å². The second-order valence-electron chi connectivity index (χ2n) is 7.16. The molecule has 1 amide bonds. The molecule has 0 unspecified atom stereocenters. The molecule has 2 aromatic carbocycles. The van der Waals surface area contributed by atoms with E-state index in [1.54, 1.807) is 34.8 Å². The number of halogens is 2. The Balaban J connectivity index is 1.31. The Morgan fingerprint density at radius 1 is 1.06 bits per heavy atom. The summed E-state index contributed by atoms with van der Waals surface area (Å²) in [6.45, 7) is 2.44. The lowest BCUT2D eigenvalue weighted by atomic mass is 10.2. The zero-order valence-electron chi connectivity index (χ0n) is 16.3. The van der Waals surface area contributed by atoms with Crippen LogP contribution < -0.4 is 4.90 Å². The predicted molar refractivity (Wildman–Crippen MR) is 123 cm³/mol. The van der Waals surface area contributed by atoms with Gasteiger partial charge in [0.15, 0.2) is 0 Å². The molecule has 156 valence electrons. The van der Waals surface area contributed by atoms with Crippen LogP contribution in [-0.2, 0) is 0 Å². The molecule has 1 aliphatic heterocycles. The first-order valence-electron chi connectivity index (χ1n) is 9.75. The highest BCUT2D eigenvalue weighted by Crippen LogP contribution is 2.28. The smallest absolute Gasteiger partial charge is 0.273 e. The van der Waals surface area contributed by atoms with Crippen LogP contribution in [0.4, 0.5) is 10.2 Å². The summed E-state index contributed by atoms with van der Waals surface area (Å²) < 4.78 is 15.0. The van der Waals surface area contributed by atoms with Gasteiger partial charge in [0.05, 0.1) is 5.52 Å². The third-order valence-corrected chi connectivity index (χ3v) is 6.64. The van der Waals surface area contributed by atoms with E-state index in [2.05, 4.69) is 35.8 Å². The molecule has 0 atom stereocenters. The monoisotopic (exact) mass is 497 g/mol. The largest absolute Gasteiger partial charge is 0.352 e. The Morgan fingerprint density at radius 2 is 1.87 bits per heavy atom. The predicted octanol–water partition coefficient (Wildman–Crippen LogP) is 4.62. The maximum absolute atomic E-state index is 14.0. The van der Waals surface area contributed by atoms with Crippen molar-refractivity contribution in [3.05, 3.63) is 70.2 Å². The molecule has 2 aromatic heterocycles. The first kappa shape index (κ1) is 20.0. The van der Waals surface area contributed by atoms with E-state index in [1.165, 1.54) is 17.4 Å². The third-order valence-electron chi connectivity index (χ3n) is 5.27. The minimum Gasteiger partial charge on any atom is -0.352 e. The molecule has 0 aliphatic carbocycles. The van der Waals surface area contributed by atoms with Crippen LogP contribution in [0.25, 0.3) is 21.5 Å². The molecule has 5 rings (SSSR count). The van der Waals surface area contributed by atoms with Crippen molar-refractivity contribution in [2.24, 2.45) is 0 Å². The molecule has 1 saturated heterocycles. The van der Waals surface area contributed by atoms with E-state index in [1.807, 2.05) is 18.2 Å². The number of nitrogens with zero attached hydrogens (tertiary/aromatic N) is 5. The number of benzene rings is 2. The SMILES string of the molecule is O=C(c1csc(-c2ccccc2F)n1)N1CCN(c2ncnc3ccc(Br)cc23)CC1. The van der Waals surface area contributed by atoms with Crippen molar-refractivity contribution in [1.29, 1.82) is 0 Å². The fourth-order valence-corrected chi connectivity index (χ4v) is 4.86. The number of carbonyl (C=O) groups excluding carboxylic acids is 1. The molecule has 31 heavy (non-hydrogen) atoms. The van der Waals surface area contributed by atoms with Gasteiger partial charge in [0.2, 0.25) is 0 Å². The standard InChI is InChI=1S/C22H17BrFN5OS/c23-14-5-6-18-16(11-14)20(26-13-25-18)28-7-9-29(10-8-28)22(30)19-12-31-21(27-19)15-3-1-2-4-17(15)24/h1-6,11-13H,7-10H2. The van der Waals surface area contributed by atoms with Gasteiger partial charge in [0, 0.05) is 47.0 Å². The summed E-state index contributed by atoms with van der Waals surface area (Å²) in [4.78, 5) is 30.1. The van der Waals surface area contributed by atoms with Crippen LogP contribution in [0.15, 0.2) is 58.6 Å². The van der Waals surface area contributed by atoms with E-state index in [0.29, 0.717) is 42.4 Å². The number of hydrogen-bond donors (Lipinski definition) is 0. The summed E-state index contributed by atoms with van der Waals surface area (Å²) in [5, 5.41) is 3.19. The Hall–Kier alpha value is -2.91. The van der Waals surface area contributed by atoms with Crippen LogP contribution in [0.5, 0.6) is 0 Å². The van der Waals surface area contributed by atoms with Gasteiger partial charge in [-0.2, -0.15) is 0 Å². The molecule has 9 heteroatoms. The van der Waals surface area contributed by atoms with Gasteiger partial charge >= 0.3 is 0 Å². The lowest BCUT2D eigenvalue weighted by Gasteiger charge is -2.35. The fraction of sp³-hybridized carbons (Fsp3) is 0.182. The average molecular weight is 498 g/mol. The van der Waals surface area contributed by atoms with Crippen molar-refractivity contribution in [2.75, 3.05) is 31.1 Å². The first-order valence-corrected chi connectivity index (χ1v) is 11.4. The van der Waals surface area contributed by atoms with E-state index in [4.69, 9.17) is 0 Å². The third kappa shape index (κ3) is 3.90. The summed E-state index contributed by atoms with van der Waals surface area (Å²) in [6, 6.07) is 12.4. The van der Waals surface area contributed by atoms with Crippen LogP contribution in [0.1, 0.15) is 10.5 Å². The quantitative estimate of drug-likeness (QED) is 0.413. The highest BCUT2D eigenvalue weighted by atomic mass is 79.9. The molecular weight excluding hydrogens is 481 g/mol. The Labute approximate surface area is 190 Å². The van der Waals surface area contributed by atoms with Crippen LogP contribution in [-0.4, -0.2) is 51.9 Å². The molecule has 0 spiro atoms. The molecule has 0 bridgehead atoms. The summed E-state index contributed by atoms with van der Waals surface area (Å²) in [6.07, 6.45) is 1.57. The minimum absolute atomic E-state index is 0.131. The number of piperazine rings is 1. The molecule has 4 aromatic rings. The van der Waals surface area contributed by atoms with Gasteiger partial charge in [-0.3, -0.25) is 4.79 Å². The molecule has 6 nitrogen and oxygen atoms in total. The van der Waals surface area contributed by atoms with Gasteiger partial charge in [-0.15, -0.1) is 11.3 Å². The second-order valence-corrected chi connectivity index (χ2v) is 8.93. The number of thiazole rings is 1. The Morgan fingerprint density at radius 3 is 2.68 bits per heavy atom. The number of anilines is 1. The molecule has 0 N–H and O–H groups in total. The lowest BCUT2D eigenvalue weighted by molar-refractivity contribution is 0.0741. The summed E-state index contributed by atoms with van der Waals surface area (Å²) in [5.41, 5.74) is 1.65. The number of rotatable bonds is 3. The van der Waals surface area contributed by atoms with Crippen LogP contribution in [0, 0.1) is 5.82 Å². The van der Waals surface area contributed by atoms with E-state index < -0.39 is 0 Å². The van der Waals surface area contributed by atoms with Crippen molar-refractivity contribution >= 4 is 49.9 Å². The molecule has 0 radical (unpaired) electrons. The van der Waals surface area contributed by atoms with Crippen molar-refractivity contribution in [1.82, 2.24) is 19.9 Å². The summed E-state index contributed by atoms with van der Waals surface area (Å²) >= 11 is 4.79. The number of aromatic nitrogens is 3. The number of carbonyl (C=O) groups is 1. The normalized spacial score (nSPS) is 14.3. The fourth-order valence-electron chi connectivity index (χ4n) is 3.68. The van der Waals surface area contributed by atoms with E-state index >= 15 is 0 Å². The van der Waals surface area contributed by atoms with Gasteiger partial charge in [0.1, 0.15) is 28.7 Å². The van der Waals surface area contributed by atoms with Gasteiger partial charge in [-0.25, -0.2) is 19.3 Å². The minimum atomic E-state index is -0.340. The van der Waals surface area contributed by atoms with Crippen molar-refractivity contribution in [3.8, 4) is 10.6 Å². The number of amides is 1. The zero-order chi connectivity index (χ0) is 21.4. The highest BCUT2D eigenvalue weighted by molar-refractivity contribution is 9.10. The van der Waals surface area contributed by atoms with E-state index in [9.17, 15) is 9.18 Å². The maximum atomic E-state index is 14.0. The van der Waals surface area contributed by atoms with Gasteiger partial charge in [-0.1, -0.05) is 28.1 Å². The van der Waals surface area contributed by atoms with Crippen molar-refractivity contribution < 1.29 is 9.18 Å². The summed E-state index contributed by atoms with van der Waals surface area (Å²) in [5.74, 6) is 0.399. The van der Waals surface area contributed by atoms with Crippen molar-refractivity contribution in [2.45, 2.75) is 0 Å². The number of hydrogen-bond acceptors (Lipinski definition) is 6. The molecule has 0 saturated carbocycles. The lowest BCUT2D eigenvalue weighted by Crippen LogP contribution is -2.49. The molecule has 1 aliphatic rings. The Kier molecular flexibility index (Phi) is 5.37. The second kappa shape index (κ2) is 8.32. The van der Waals surface area contributed by atoms with E-state index in [0.717, 1.165) is 21.2 Å². The molecular formula is C22H17BrFN5OS. The van der Waals surface area contributed by atoms with Gasteiger partial charge < -0.3 is 9.80 Å². The van der Waals surface area contributed by atoms with Crippen LogP contribution >= 0.6 is 27.3 Å². The van der Waals surface area contributed by atoms with E-state index in [-0.39, 0.29) is 11.7 Å². The highest BCUT2D eigenvalue weighted by Gasteiger charge is 2.26. The zero-order valence-corrected chi connectivity index (χ0v) is 18.7. The van der Waals surface area contributed by atoms with Crippen LogP contribution in [0.2, 0.25) is 0 Å². The molecule has 1 fully saturated rings. The maximum Gasteiger partial charge on any atom is 0.273 e. The summed E-state index contributed by atoms with van der Waals surface area (Å²) in [7, 11) is 0. The van der Waals surface area contributed by atoms with Crippen molar-refractivity contribution in [3.63, 3.8) is 0 Å². The Bertz CT molecular complexity index is 1270. The number of fused-ring (bicyclic) bond motifs is 1.